The Labute approximate surface area is 127 Å². The summed E-state index contributed by atoms with van der Waals surface area (Å²) in [6, 6.07) is 18.6. The zero-order chi connectivity index (χ0) is 14.2. The first-order valence-corrected chi connectivity index (χ1v) is 8.17. The lowest BCUT2D eigenvalue weighted by Crippen LogP contribution is -2.37. The predicted molar refractivity (Wildman–Crippen MR) is 87.7 cm³/mol. The summed E-state index contributed by atoms with van der Waals surface area (Å²) in [7, 11) is 2.14. The number of fused-ring (bicyclic) bond motifs is 2. The van der Waals surface area contributed by atoms with Crippen molar-refractivity contribution in [2.75, 3.05) is 7.05 Å². The molecule has 1 nitrogen and oxygen atoms in total. The first-order valence-electron chi connectivity index (χ1n) is 8.17. The van der Waals surface area contributed by atoms with Gasteiger partial charge in [-0.3, -0.25) is 0 Å². The molecular weight excluding hydrogens is 254 g/mol. The third-order valence-electron chi connectivity index (χ3n) is 5.52. The van der Waals surface area contributed by atoms with E-state index in [0.717, 1.165) is 11.8 Å². The molecule has 0 bridgehead atoms. The lowest BCUT2D eigenvalue weighted by molar-refractivity contribution is 0.331. The van der Waals surface area contributed by atoms with Crippen LogP contribution in [0.4, 0.5) is 0 Å². The van der Waals surface area contributed by atoms with Crippen LogP contribution >= 0.6 is 0 Å². The number of hydrogen-bond acceptors (Lipinski definition) is 1. The summed E-state index contributed by atoms with van der Waals surface area (Å²) in [5.74, 6) is 1.53. The fourth-order valence-corrected chi connectivity index (χ4v) is 4.30. The molecule has 0 saturated heterocycles. The van der Waals surface area contributed by atoms with Crippen LogP contribution in [0.3, 0.4) is 0 Å². The summed E-state index contributed by atoms with van der Waals surface area (Å²) < 4.78 is 0. The van der Waals surface area contributed by atoms with Gasteiger partial charge >= 0.3 is 0 Å². The maximum atomic E-state index is 3.61. The zero-order valence-electron chi connectivity index (χ0n) is 12.7. The SMILES string of the molecule is CNC(CC1Cc2ccccc21)C1Cc2ccccc2C1. The molecule has 0 aliphatic heterocycles. The summed E-state index contributed by atoms with van der Waals surface area (Å²) in [4.78, 5) is 0. The normalized spacial score (nSPS) is 21.5. The summed E-state index contributed by atoms with van der Waals surface area (Å²) in [5.41, 5.74) is 6.29. The van der Waals surface area contributed by atoms with Crippen molar-refractivity contribution >= 4 is 0 Å². The van der Waals surface area contributed by atoms with Gasteiger partial charge in [-0.15, -0.1) is 0 Å². The number of benzene rings is 2. The van der Waals surface area contributed by atoms with Crippen LogP contribution < -0.4 is 5.32 Å². The van der Waals surface area contributed by atoms with Crippen LogP contribution in [0.15, 0.2) is 48.5 Å². The molecular formula is C20H23N. The molecule has 2 aliphatic rings. The average molecular weight is 277 g/mol. The maximum absolute atomic E-state index is 3.61. The molecule has 0 heterocycles. The number of rotatable bonds is 4. The fraction of sp³-hybridized carbons (Fsp3) is 0.400. The highest BCUT2D eigenvalue weighted by Crippen LogP contribution is 2.40. The standard InChI is InChI=1S/C20H23N/c1-21-20(13-17-12-16-8-4-5-9-19(16)17)18-10-14-6-2-3-7-15(14)11-18/h2-9,17-18,20-21H,10-13H2,1H3. The van der Waals surface area contributed by atoms with Crippen molar-refractivity contribution in [3.05, 3.63) is 70.8 Å². The van der Waals surface area contributed by atoms with Crippen LogP contribution in [0.1, 0.15) is 34.6 Å². The Morgan fingerprint density at radius 1 is 0.905 bits per heavy atom. The second-order valence-electron chi connectivity index (χ2n) is 6.67. The molecule has 21 heavy (non-hydrogen) atoms. The molecule has 1 N–H and O–H groups in total. The van der Waals surface area contributed by atoms with Gasteiger partial charge in [0.1, 0.15) is 0 Å². The lowest BCUT2D eigenvalue weighted by Gasteiger charge is -2.35. The van der Waals surface area contributed by atoms with Crippen molar-refractivity contribution in [3.8, 4) is 0 Å². The van der Waals surface area contributed by atoms with Crippen molar-refractivity contribution in [1.82, 2.24) is 5.32 Å². The Balaban J connectivity index is 1.46. The van der Waals surface area contributed by atoms with Crippen LogP contribution in [0.5, 0.6) is 0 Å². The second kappa shape index (κ2) is 5.31. The Hall–Kier alpha value is -1.60. The van der Waals surface area contributed by atoms with Gasteiger partial charge in [0.15, 0.2) is 0 Å². The van der Waals surface area contributed by atoms with Crippen molar-refractivity contribution in [2.24, 2.45) is 5.92 Å². The summed E-state index contributed by atoms with van der Waals surface area (Å²) >= 11 is 0. The molecule has 4 rings (SSSR count). The maximum Gasteiger partial charge on any atom is 0.0105 e. The van der Waals surface area contributed by atoms with Gasteiger partial charge in [-0.05, 0) is 66.8 Å². The van der Waals surface area contributed by atoms with Gasteiger partial charge in [0.2, 0.25) is 0 Å². The Kier molecular flexibility index (Phi) is 3.31. The van der Waals surface area contributed by atoms with E-state index in [1.807, 2.05) is 0 Å². The zero-order valence-corrected chi connectivity index (χ0v) is 12.7. The van der Waals surface area contributed by atoms with Crippen LogP contribution in [-0.4, -0.2) is 13.1 Å². The third kappa shape index (κ3) is 2.30. The number of nitrogens with one attached hydrogen (secondary N) is 1. The van der Waals surface area contributed by atoms with E-state index in [2.05, 4.69) is 60.9 Å². The Morgan fingerprint density at radius 2 is 1.52 bits per heavy atom. The van der Waals surface area contributed by atoms with Crippen molar-refractivity contribution in [1.29, 1.82) is 0 Å². The highest BCUT2D eigenvalue weighted by atomic mass is 14.9. The molecule has 108 valence electrons. The Morgan fingerprint density at radius 3 is 2.14 bits per heavy atom. The van der Waals surface area contributed by atoms with Crippen molar-refractivity contribution in [2.45, 2.75) is 37.6 Å². The largest absolute Gasteiger partial charge is 0.317 e. The van der Waals surface area contributed by atoms with Crippen LogP contribution in [0.25, 0.3) is 0 Å². The molecule has 0 spiro atoms. The van der Waals surface area contributed by atoms with Crippen molar-refractivity contribution in [3.63, 3.8) is 0 Å². The Bertz CT molecular complexity index is 621. The summed E-state index contributed by atoms with van der Waals surface area (Å²) in [5, 5.41) is 3.61. The first-order chi connectivity index (χ1) is 10.3. The highest BCUT2D eigenvalue weighted by molar-refractivity contribution is 5.40. The second-order valence-corrected chi connectivity index (χ2v) is 6.67. The average Bonchev–Trinajstić information content (AvgIpc) is 2.92. The predicted octanol–water partition coefficient (Wildman–Crippen LogP) is 3.72. The minimum absolute atomic E-state index is 0.635. The van der Waals surface area contributed by atoms with Gasteiger partial charge < -0.3 is 5.32 Å². The molecule has 2 atom stereocenters. The van der Waals surface area contributed by atoms with E-state index in [1.54, 1.807) is 22.3 Å². The van der Waals surface area contributed by atoms with Crippen molar-refractivity contribution < 1.29 is 0 Å². The molecule has 2 aromatic rings. The van der Waals surface area contributed by atoms with E-state index < -0.39 is 0 Å². The summed E-state index contributed by atoms with van der Waals surface area (Å²) in [6.45, 7) is 0. The van der Waals surface area contributed by atoms with Gasteiger partial charge in [0.25, 0.3) is 0 Å². The molecule has 0 aromatic heterocycles. The van der Waals surface area contributed by atoms with Crippen LogP contribution in [-0.2, 0) is 19.3 Å². The monoisotopic (exact) mass is 277 g/mol. The van der Waals surface area contributed by atoms with Gasteiger partial charge in [-0.1, -0.05) is 48.5 Å². The third-order valence-corrected chi connectivity index (χ3v) is 5.52. The van der Waals surface area contributed by atoms with E-state index in [-0.39, 0.29) is 0 Å². The van der Waals surface area contributed by atoms with Gasteiger partial charge in [-0.25, -0.2) is 0 Å². The smallest absolute Gasteiger partial charge is 0.0105 e. The first kappa shape index (κ1) is 13.1. The van der Waals surface area contributed by atoms with Gasteiger partial charge in [0, 0.05) is 6.04 Å². The molecule has 2 aliphatic carbocycles. The van der Waals surface area contributed by atoms with E-state index in [0.29, 0.717) is 6.04 Å². The quantitative estimate of drug-likeness (QED) is 0.898. The van der Waals surface area contributed by atoms with Gasteiger partial charge in [0.05, 0.1) is 0 Å². The van der Waals surface area contributed by atoms with E-state index in [4.69, 9.17) is 0 Å². The number of hydrogen-bond donors (Lipinski definition) is 1. The molecule has 0 saturated carbocycles. The van der Waals surface area contributed by atoms with Crippen LogP contribution in [0.2, 0.25) is 0 Å². The minimum atomic E-state index is 0.635. The molecule has 2 aromatic carbocycles. The molecule has 1 heteroatoms. The molecule has 0 amide bonds. The fourth-order valence-electron chi connectivity index (χ4n) is 4.30. The minimum Gasteiger partial charge on any atom is -0.317 e. The highest BCUT2D eigenvalue weighted by Gasteiger charge is 2.33. The van der Waals surface area contributed by atoms with Gasteiger partial charge in [-0.2, -0.15) is 0 Å². The van der Waals surface area contributed by atoms with E-state index in [1.165, 1.54) is 25.7 Å². The van der Waals surface area contributed by atoms with E-state index >= 15 is 0 Å². The molecule has 0 fully saturated rings. The van der Waals surface area contributed by atoms with E-state index in [9.17, 15) is 0 Å². The topological polar surface area (TPSA) is 12.0 Å². The lowest BCUT2D eigenvalue weighted by atomic mass is 9.73. The molecule has 2 unspecified atom stereocenters. The summed E-state index contributed by atoms with van der Waals surface area (Å²) in [6.07, 6.45) is 5.05. The van der Waals surface area contributed by atoms with Crippen LogP contribution in [0, 0.1) is 5.92 Å². The molecule has 0 radical (unpaired) electrons.